The Bertz CT molecular complexity index is 1200. The van der Waals surface area contributed by atoms with Crippen molar-refractivity contribution in [3.8, 4) is 17.6 Å². The average Bonchev–Trinajstić information content (AvgIpc) is 2.89. The summed E-state index contributed by atoms with van der Waals surface area (Å²) in [7, 11) is 0. The summed E-state index contributed by atoms with van der Waals surface area (Å²) in [5.74, 6) is 6.56. The van der Waals surface area contributed by atoms with Crippen LogP contribution in [0.4, 0.5) is 5.69 Å². The highest BCUT2D eigenvalue weighted by molar-refractivity contribution is 5.94. The third kappa shape index (κ3) is 6.20. The molecular formula is C29H32N4O2. The Morgan fingerprint density at radius 3 is 2.37 bits per heavy atom. The van der Waals surface area contributed by atoms with Crippen molar-refractivity contribution >= 4 is 11.6 Å². The fourth-order valence-corrected chi connectivity index (χ4v) is 4.33. The van der Waals surface area contributed by atoms with Gasteiger partial charge >= 0.3 is 0 Å². The second-order valence-electron chi connectivity index (χ2n) is 8.63. The standard InChI is InChI=1S/C29H32N4O2/c1-3-32(4-2)29(35)25-11-13-27(14-12-25)33-17-15-31(16-18-33)22-26-8-6-5-7-24(26)10-9-23-19-28(34)21-30-20-23/h5-8,11-14,19-21,34H,3-4,15-18,22H2,1-2H3. The zero-order valence-electron chi connectivity index (χ0n) is 20.4. The number of nitrogens with zero attached hydrogens (tertiary/aromatic N) is 4. The number of aromatic nitrogens is 1. The molecular weight excluding hydrogens is 436 g/mol. The average molecular weight is 469 g/mol. The van der Waals surface area contributed by atoms with Crippen molar-refractivity contribution in [2.75, 3.05) is 44.2 Å². The zero-order valence-corrected chi connectivity index (χ0v) is 20.4. The molecule has 0 unspecified atom stereocenters. The first kappa shape index (κ1) is 24.3. The van der Waals surface area contributed by atoms with Crippen LogP contribution in [0.25, 0.3) is 0 Å². The molecule has 1 amide bonds. The number of carbonyl (C=O) groups excluding carboxylic acids is 1. The number of anilines is 1. The summed E-state index contributed by atoms with van der Waals surface area (Å²) >= 11 is 0. The van der Waals surface area contributed by atoms with Gasteiger partial charge in [0.05, 0.1) is 6.20 Å². The Labute approximate surface area is 207 Å². The van der Waals surface area contributed by atoms with Crippen molar-refractivity contribution < 1.29 is 9.90 Å². The van der Waals surface area contributed by atoms with E-state index >= 15 is 0 Å². The Balaban J connectivity index is 1.36. The van der Waals surface area contributed by atoms with E-state index in [-0.39, 0.29) is 11.7 Å². The van der Waals surface area contributed by atoms with Gasteiger partial charge in [-0.05, 0) is 55.8 Å². The van der Waals surface area contributed by atoms with Crippen LogP contribution < -0.4 is 4.90 Å². The molecule has 0 spiro atoms. The van der Waals surface area contributed by atoms with Gasteiger partial charge < -0.3 is 14.9 Å². The summed E-state index contributed by atoms with van der Waals surface area (Å²) < 4.78 is 0. The first-order valence-electron chi connectivity index (χ1n) is 12.2. The van der Waals surface area contributed by atoms with Crippen molar-refractivity contribution in [1.82, 2.24) is 14.8 Å². The van der Waals surface area contributed by atoms with E-state index in [1.807, 2.05) is 49.1 Å². The Morgan fingerprint density at radius 2 is 1.69 bits per heavy atom. The summed E-state index contributed by atoms with van der Waals surface area (Å²) in [6, 6.07) is 17.8. The van der Waals surface area contributed by atoms with Gasteiger partial charge in [0.1, 0.15) is 5.75 Å². The van der Waals surface area contributed by atoms with Gasteiger partial charge in [0.25, 0.3) is 5.91 Å². The summed E-state index contributed by atoms with van der Waals surface area (Å²) in [6.45, 7) is 10.1. The van der Waals surface area contributed by atoms with Gasteiger partial charge in [-0.15, -0.1) is 0 Å². The number of aromatic hydroxyl groups is 1. The lowest BCUT2D eigenvalue weighted by atomic mass is 10.1. The summed E-state index contributed by atoms with van der Waals surface area (Å²) in [4.78, 5) is 23.2. The summed E-state index contributed by atoms with van der Waals surface area (Å²) in [6.07, 6.45) is 3.06. The molecule has 0 aliphatic carbocycles. The second kappa shape index (κ2) is 11.5. The number of amides is 1. The van der Waals surface area contributed by atoms with Gasteiger partial charge in [0.2, 0.25) is 0 Å². The van der Waals surface area contributed by atoms with Gasteiger partial charge in [-0.1, -0.05) is 30.0 Å². The lowest BCUT2D eigenvalue weighted by Crippen LogP contribution is -2.46. The second-order valence-corrected chi connectivity index (χ2v) is 8.63. The fourth-order valence-electron chi connectivity index (χ4n) is 4.33. The van der Waals surface area contributed by atoms with Crippen LogP contribution in [0.2, 0.25) is 0 Å². The first-order chi connectivity index (χ1) is 17.1. The van der Waals surface area contributed by atoms with Crippen LogP contribution in [-0.2, 0) is 6.54 Å². The molecule has 0 bridgehead atoms. The van der Waals surface area contributed by atoms with Crippen LogP contribution >= 0.6 is 0 Å². The van der Waals surface area contributed by atoms with Crippen molar-refractivity contribution in [2.24, 2.45) is 0 Å². The monoisotopic (exact) mass is 468 g/mol. The van der Waals surface area contributed by atoms with Gasteiger partial charge in [-0.2, -0.15) is 0 Å². The van der Waals surface area contributed by atoms with E-state index in [9.17, 15) is 9.90 Å². The molecule has 3 aromatic rings. The molecule has 0 atom stereocenters. The molecule has 1 fully saturated rings. The van der Waals surface area contributed by atoms with Crippen LogP contribution in [0.1, 0.15) is 40.9 Å². The molecule has 1 aliphatic heterocycles. The molecule has 1 saturated heterocycles. The molecule has 6 nitrogen and oxygen atoms in total. The van der Waals surface area contributed by atoms with Gasteiger partial charge in [0.15, 0.2) is 0 Å². The highest BCUT2D eigenvalue weighted by Crippen LogP contribution is 2.20. The van der Waals surface area contributed by atoms with Crippen LogP contribution in [0, 0.1) is 11.8 Å². The van der Waals surface area contributed by atoms with E-state index in [2.05, 4.69) is 44.8 Å². The molecule has 1 N–H and O–H groups in total. The number of hydrogen-bond donors (Lipinski definition) is 1. The lowest BCUT2D eigenvalue weighted by Gasteiger charge is -2.36. The Kier molecular flexibility index (Phi) is 8.02. The fraction of sp³-hybridized carbons (Fsp3) is 0.310. The van der Waals surface area contributed by atoms with Crippen LogP contribution in [-0.4, -0.2) is 65.1 Å². The number of hydrogen-bond acceptors (Lipinski definition) is 5. The number of pyridine rings is 1. The number of piperazine rings is 1. The SMILES string of the molecule is CCN(CC)C(=O)c1ccc(N2CCN(Cc3ccccc3C#Cc3cncc(O)c3)CC2)cc1. The minimum atomic E-state index is 0.0912. The number of rotatable bonds is 6. The van der Waals surface area contributed by atoms with Crippen LogP contribution in [0.3, 0.4) is 0 Å². The van der Waals surface area contributed by atoms with Gasteiger partial charge in [0, 0.05) is 74.4 Å². The summed E-state index contributed by atoms with van der Waals surface area (Å²) in [5, 5.41) is 9.61. The van der Waals surface area contributed by atoms with Gasteiger partial charge in [-0.3, -0.25) is 14.7 Å². The molecule has 1 aromatic heterocycles. The van der Waals surface area contributed by atoms with Crippen molar-refractivity contribution in [3.05, 3.63) is 89.2 Å². The molecule has 2 aromatic carbocycles. The molecule has 0 saturated carbocycles. The molecule has 35 heavy (non-hydrogen) atoms. The predicted molar refractivity (Wildman–Crippen MR) is 140 cm³/mol. The van der Waals surface area contributed by atoms with E-state index in [1.54, 1.807) is 12.3 Å². The van der Waals surface area contributed by atoms with Gasteiger partial charge in [-0.25, -0.2) is 0 Å². The van der Waals surface area contributed by atoms with E-state index in [0.29, 0.717) is 5.56 Å². The zero-order chi connectivity index (χ0) is 24.6. The topological polar surface area (TPSA) is 59.9 Å². The number of benzene rings is 2. The minimum Gasteiger partial charge on any atom is -0.506 e. The third-order valence-electron chi connectivity index (χ3n) is 6.38. The van der Waals surface area contributed by atoms with E-state index < -0.39 is 0 Å². The largest absolute Gasteiger partial charge is 0.506 e. The molecule has 4 rings (SSSR count). The molecule has 180 valence electrons. The van der Waals surface area contributed by atoms with E-state index in [4.69, 9.17) is 0 Å². The van der Waals surface area contributed by atoms with Crippen molar-refractivity contribution in [1.29, 1.82) is 0 Å². The number of carbonyl (C=O) groups is 1. The summed E-state index contributed by atoms with van der Waals surface area (Å²) in [5.41, 5.74) is 4.79. The quantitative estimate of drug-likeness (QED) is 0.555. The van der Waals surface area contributed by atoms with Crippen LogP contribution in [0.5, 0.6) is 5.75 Å². The smallest absolute Gasteiger partial charge is 0.253 e. The molecule has 2 heterocycles. The van der Waals surface area contributed by atoms with Crippen molar-refractivity contribution in [2.45, 2.75) is 20.4 Å². The maximum absolute atomic E-state index is 12.6. The predicted octanol–water partition coefficient (Wildman–Crippen LogP) is 3.99. The Hall–Kier alpha value is -3.82. The van der Waals surface area contributed by atoms with E-state index in [0.717, 1.165) is 62.6 Å². The minimum absolute atomic E-state index is 0.0912. The highest BCUT2D eigenvalue weighted by atomic mass is 16.3. The first-order valence-corrected chi connectivity index (χ1v) is 12.2. The van der Waals surface area contributed by atoms with E-state index in [1.165, 1.54) is 11.8 Å². The maximum Gasteiger partial charge on any atom is 0.253 e. The molecule has 1 aliphatic rings. The van der Waals surface area contributed by atoms with Crippen LogP contribution in [0.15, 0.2) is 67.0 Å². The normalized spacial score (nSPS) is 13.7. The maximum atomic E-state index is 12.6. The molecule has 6 heteroatoms. The molecule has 0 radical (unpaired) electrons. The van der Waals surface area contributed by atoms with Crippen molar-refractivity contribution in [3.63, 3.8) is 0 Å². The third-order valence-corrected chi connectivity index (χ3v) is 6.38. The Morgan fingerprint density at radius 1 is 0.971 bits per heavy atom. The lowest BCUT2D eigenvalue weighted by molar-refractivity contribution is 0.0773. The highest BCUT2D eigenvalue weighted by Gasteiger charge is 2.19.